The molecule has 2 rings (SSSR count). The van der Waals surface area contributed by atoms with Gasteiger partial charge >= 0.3 is 0 Å². The first-order valence-corrected chi connectivity index (χ1v) is 5.77. The number of benzene rings is 2. The lowest BCUT2D eigenvalue weighted by Gasteiger charge is -2.09. The van der Waals surface area contributed by atoms with Crippen LogP contribution in [-0.2, 0) is 11.2 Å². The molecule has 92 valence electrons. The number of rotatable bonds is 3. The summed E-state index contributed by atoms with van der Waals surface area (Å²) in [5.74, 6) is -0.817. The van der Waals surface area contributed by atoms with Gasteiger partial charge in [-0.05, 0) is 41.0 Å². The molecule has 2 aromatic rings. The predicted octanol–water partition coefficient (Wildman–Crippen LogP) is 3.17. The fourth-order valence-electron chi connectivity index (χ4n) is 1.82. The molecule has 0 saturated heterocycles. The second-order valence-corrected chi connectivity index (χ2v) is 4.39. The third kappa shape index (κ3) is 2.87. The summed E-state index contributed by atoms with van der Waals surface area (Å²) in [4.78, 5) is 11.0. The number of carbonyl (C=O) groups excluding carboxylic acids is 1. The van der Waals surface area contributed by atoms with Crippen LogP contribution in [0.15, 0.2) is 42.5 Å². The van der Waals surface area contributed by atoms with Crippen molar-refractivity contribution in [1.82, 2.24) is 0 Å². The molecule has 0 bridgehead atoms. The van der Waals surface area contributed by atoms with E-state index in [9.17, 15) is 9.18 Å². The van der Waals surface area contributed by atoms with Gasteiger partial charge in [-0.15, -0.1) is 0 Å². The van der Waals surface area contributed by atoms with E-state index in [1.54, 1.807) is 24.3 Å². The number of halogens is 2. The van der Waals surface area contributed by atoms with Crippen molar-refractivity contribution in [3.8, 4) is 11.1 Å². The Morgan fingerprint density at radius 1 is 1.22 bits per heavy atom. The fourth-order valence-corrected chi connectivity index (χ4v) is 2.01. The molecule has 0 spiro atoms. The van der Waals surface area contributed by atoms with Crippen LogP contribution in [0.3, 0.4) is 0 Å². The highest BCUT2D eigenvalue weighted by Gasteiger charge is 2.09. The van der Waals surface area contributed by atoms with Crippen molar-refractivity contribution in [2.24, 2.45) is 5.73 Å². The number of hydrogen-bond acceptors (Lipinski definition) is 1. The molecule has 4 heteroatoms. The minimum Gasteiger partial charge on any atom is -0.369 e. The van der Waals surface area contributed by atoms with E-state index in [0.29, 0.717) is 16.1 Å². The van der Waals surface area contributed by atoms with Gasteiger partial charge in [0.1, 0.15) is 5.82 Å². The van der Waals surface area contributed by atoms with Crippen molar-refractivity contribution in [2.75, 3.05) is 0 Å². The Morgan fingerprint density at radius 3 is 2.67 bits per heavy atom. The van der Waals surface area contributed by atoms with Crippen LogP contribution in [-0.4, -0.2) is 5.91 Å². The number of amides is 1. The summed E-state index contributed by atoms with van der Waals surface area (Å²) in [6, 6.07) is 11.3. The van der Waals surface area contributed by atoms with Crippen LogP contribution < -0.4 is 5.73 Å². The van der Waals surface area contributed by atoms with E-state index in [-0.39, 0.29) is 12.2 Å². The quantitative estimate of drug-likeness (QED) is 0.908. The van der Waals surface area contributed by atoms with E-state index < -0.39 is 5.91 Å². The summed E-state index contributed by atoms with van der Waals surface area (Å²) in [5.41, 5.74) is 7.26. The molecule has 0 atom stereocenters. The Morgan fingerprint density at radius 2 is 2.00 bits per heavy atom. The van der Waals surface area contributed by atoms with Crippen molar-refractivity contribution in [3.63, 3.8) is 0 Å². The van der Waals surface area contributed by atoms with Gasteiger partial charge in [0.2, 0.25) is 5.91 Å². The zero-order valence-electron chi connectivity index (χ0n) is 9.49. The third-order valence-electron chi connectivity index (χ3n) is 2.57. The van der Waals surface area contributed by atoms with Crippen LogP contribution in [0, 0.1) is 5.82 Å². The maximum Gasteiger partial charge on any atom is 0.221 e. The molecular weight excluding hydrogens is 253 g/mol. The van der Waals surface area contributed by atoms with Crippen molar-refractivity contribution < 1.29 is 9.18 Å². The number of hydrogen-bond donors (Lipinski definition) is 1. The molecule has 0 fully saturated rings. The highest BCUT2D eigenvalue weighted by molar-refractivity contribution is 6.30. The standard InChI is InChI=1S/C14H11ClFNO/c15-11-3-1-2-9(6-11)13-8-12(16)5-4-10(13)7-14(17)18/h1-6,8H,7H2,(H2,17,18). The van der Waals surface area contributed by atoms with E-state index >= 15 is 0 Å². The largest absolute Gasteiger partial charge is 0.369 e. The minimum atomic E-state index is -0.454. The van der Waals surface area contributed by atoms with Crippen LogP contribution in [0.5, 0.6) is 0 Å². The molecule has 0 aliphatic carbocycles. The van der Waals surface area contributed by atoms with E-state index in [4.69, 9.17) is 17.3 Å². The number of carbonyl (C=O) groups is 1. The normalized spacial score (nSPS) is 10.3. The van der Waals surface area contributed by atoms with Crippen LogP contribution in [0.25, 0.3) is 11.1 Å². The van der Waals surface area contributed by atoms with Gasteiger partial charge in [0.15, 0.2) is 0 Å². The van der Waals surface area contributed by atoms with Crippen molar-refractivity contribution >= 4 is 17.5 Å². The van der Waals surface area contributed by atoms with E-state index in [2.05, 4.69) is 0 Å². The van der Waals surface area contributed by atoms with Crippen LogP contribution in [0.4, 0.5) is 4.39 Å². The summed E-state index contributed by atoms with van der Waals surface area (Å²) >= 11 is 5.91. The maximum absolute atomic E-state index is 13.3. The van der Waals surface area contributed by atoms with Gasteiger partial charge in [0.25, 0.3) is 0 Å². The predicted molar refractivity (Wildman–Crippen MR) is 69.7 cm³/mol. The monoisotopic (exact) mass is 263 g/mol. The van der Waals surface area contributed by atoms with E-state index in [1.807, 2.05) is 6.07 Å². The lowest BCUT2D eigenvalue weighted by atomic mass is 9.97. The summed E-state index contributed by atoms with van der Waals surface area (Å²) in [6.45, 7) is 0. The SMILES string of the molecule is NC(=O)Cc1ccc(F)cc1-c1cccc(Cl)c1. The molecule has 0 saturated carbocycles. The first kappa shape index (κ1) is 12.6. The Kier molecular flexibility index (Phi) is 3.63. The molecule has 2 N–H and O–H groups in total. The molecule has 0 radical (unpaired) electrons. The highest BCUT2D eigenvalue weighted by atomic mass is 35.5. The van der Waals surface area contributed by atoms with Crippen LogP contribution in [0.2, 0.25) is 5.02 Å². The van der Waals surface area contributed by atoms with Crippen molar-refractivity contribution in [2.45, 2.75) is 6.42 Å². The first-order valence-electron chi connectivity index (χ1n) is 5.39. The lowest BCUT2D eigenvalue weighted by molar-refractivity contribution is -0.117. The van der Waals surface area contributed by atoms with Gasteiger partial charge in [-0.3, -0.25) is 4.79 Å². The summed E-state index contributed by atoms with van der Waals surface area (Å²) in [5, 5.41) is 0.557. The molecule has 0 unspecified atom stereocenters. The summed E-state index contributed by atoms with van der Waals surface area (Å²) in [6.07, 6.45) is 0.0716. The summed E-state index contributed by atoms with van der Waals surface area (Å²) in [7, 11) is 0. The Hall–Kier alpha value is -1.87. The molecule has 0 aliphatic heterocycles. The highest BCUT2D eigenvalue weighted by Crippen LogP contribution is 2.27. The first-order chi connectivity index (χ1) is 8.56. The molecule has 0 aromatic heterocycles. The molecule has 0 heterocycles. The lowest BCUT2D eigenvalue weighted by Crippen LogP contribution is -2.14. The average molecular weight is 264 g/mol. The molecule has 1 amide bonds. The van der Waals surface area contributed by atoms with Gasteiger partial charge < -0.3 is 5.73 Å². The van der Waals surface area contributed by atoms with E-state index in [0.717, 1.165) is 5.56 Å². The topological polar surface area (TPSA) is 43.1 Å². The van der Waals surface area contributed by atoms with Gasteiger partial charge in [0, 0.05) is 5.02 Å². The Labute approximate surface area is 109 Å². The average Bonchev–Trinajstić information content (AvgIpc) is 2.31. The van der Waals surface area contributed by atoms with Gasteiger partial charge in [0.05, 0.1) is 6.42 Å². The second kappa shape index (κ2) is 5.19. The maximum atomic E-state index is 13.3. The minimum absolute atomic E-state index is 0.0716. The van der Waals surface area contributed by atoms with E-state index in [1.165, 1.54) is 12.1 Å². The number of primary amides is 1. The fraction of sp³-hybridized carbons (Fsp3) is 0.0714. The Bertz CT molecular complexity index is 598. The smallest absolute Gasteiger partial charge is 0.221 e. The number of nitrogens with two attached hydrogens (primary N) is 1. The van der Waals surface area contributed by atoms with Gasteiger partial charge in [-0.2, -0.15) is 0 Å². The zero-order valence-corrected chi connectivity index (χ0v) is 10.2. The van der Waals surface area contributed by atoms with Gasteiger partial charge in [-0.1, -0.05) is 29.8 Å². The van der Waals surface area contributed by atoms with Crippen LogP contribution >= 0.6 is 11.6 Å². The molecule has 0 aliphatic rings. The van der Waals surface area contributed by atoms with Crippen LogP contribution in [0.1, 0.15) is 5.56 Å². The molecular formula is C14H11ClFNO. The summed E-state index contributed by atoms with van der Waals surface area (Å²) < 4.78 is 13.3. The molecule has 2 aromatic carbocycles. The second-order valence-electron chi connectivity index (χ2n) is 3.95. The van der Waals surface area contributed by atoms with Crippen molar-refractivity contribution in [3.05, 3.63) is 58.9 Å². The Balaban J connectivity index is 2.54. The zero-order chi connectivity index (χ0) is 13.1. The molecule has 2 nitrogen and oxygen atoms in total. The van der Waals surface area contributed by atoms with Crippen molar-refractivity contribution in [1.29, 1.82) is 0 Å². The third-order valence-corrected chi connectivity index (χ3v) is 2.81. The van der Waals surface area contributed by atoms with Gasteiger partial charge in [-0.25, -0.2) is 4.39 Å². The molecule has 18 heavy (non-hydrogen) atoms.